The number of benzene rings is 1. The molecule has 0 saturated carbocycles. The molecule has 3 aromatic rings. The van der Waals surface area contributed by atoms with Crippen molar-refractivity contribution in [1.82, 2.24) is 14.6 Å². The Morgan fingerprint density at radius 3 is 3.00 bits per heavy atom. The molecule has 9 heteroatoms. The molecule has 120 valence electrons. The number of fused-ring (bicyclic) bond motifs is 1. The average Bonchev–Trinajstić information content (AvgIpc) is 3.15. The van der Waals surface area contributed by atoms with Crippen molar-refractivity contribution in [3.8, 4) is 5.75 Å². The lowest BCUT2D eigenvalue weighted by Crippen LogP contribution is -2.12. The Balaban J connectivity index is 1.91. The third-order valence-electron chi connectivity index (χ3n) is 3.15. The Morgan fingerprint density at radius 2 is 2.26 bits per heavy atom. The summed E-state index contributed by atoms with van der Waals surface area (Å²) in [5.41, 5.74) is 1.35. The van der Waals surface area contributed by atoms with E-state index in [0.717, 1.165) is 29.1 Å². The Morgan fingerprint density at radius 1 is 1.43 bits per heavy atom. The highest BCUT2D eigenvalue weighted by molar-refractivity contribution is 7.23. The van der Waals surface area contributed by atoms with Gasteiger partial charge in [-0.15, -0.1) is 5.10 Å². The molecule has 23 heavy (non-hydrogen) atoms. The molecule has 0 aliphatic rings. The molecule has 0 spiro atoms. The molecule has 1 N–H and O–H groups in total. The molecule has 0 saturated heterocycles. The number of carbonyl (C=O) groups excluding carboxylic acids is 1. The topological polar surface area (TPSA) is 77.0 Å². The lowest BCUT2D eigenvalue weighted by molar-refractivity contribution is 0.102. The van der Waals surface area contributed by atoms with Crippen LogP contribution in [0.25, 0.3) is 10.2 Å². The highest BCUT2D eigenvalue weighted by Gasteiger charge is 2.19. The molecule has 0 aliphatic heterocycles. The minimum absolute atomic E-state index is 0.252. The second kappa shape index (κ2) is 6.77. The molecule has 6 nitrogen and oxygen atoms in total. The number of methoxy groups -OCH3 is 1. The first kappa shape index (κ1) is 16.1. The maximum Gasteiger partial charge on any atom is 0.271 e. The van der Waals surface area contributed by atoms with E-state index in [0.29, 0.717) is 32.0 Å². The first-order valence-corrected chi connectivity index (χ1v) is 8.86. The lowest BCUT2D eigenvalue weighted by atomic mass is 10.2. The van der Waals surface area contributed by atoms with E-state index in [1.54, 1.807) is 19.2 Å². The zero-order valence-corrected chi connectivity index (χ0v) is 14.8. The van der Waals surface area contributed by atoms with Gasteiger partial charge < -0.3 is 4.74 Å². The van der Waals surface area contributed by atoms with Crippen molar-refractivity contribution in [2.24, 2.45) is 0 Å². The van der Waals surface area contributed by atoms with E-state index in [2.05, 4.69) is 19.9 Å². The monoisotopic (exact) mass is 368 g/mol. The van der Waals surface area contributed by atoms with Gasteiger partial charge >= 0.3 is 0 Å². The molecule has 0 aliphatic carbocycles. The lowest BCUT2D eigenvalue weighted by Gasteiger charge is -2.00. The summed E-state index contributed by atoms with van der Waals surface area (Å²) < 4.78 is 9.91. The van der Waals surface area contributed by atoms with E-state index >= 15 is 0 Å². The molecule has 0 atom stereocenters. The smallest absolute Gasteiger partial charge is 0.271 e. The summed E-state index contributed by atoms with van der Waals surface area (Å²) in [6.07, 6.45) is 1.62. The quantitative estimate of drug-likeness (QED) is 0.736. The zero-order chi connectivity index (χ0) is 16.4. The van der Waals surface area contributed by atoms with Gasteiger partial charge in [0.2, 0.25) is 0 Å². The fraction of sp³-hybridized carbons (Fsp3) is 0.286. The van der Waals surface area contributed by atoms with Crippen molar-refractivity contribution >= 4 is 55.7 Å². The average molecular weight is 369 g/mol. The van der Waals surface area contributed by atoms with E-state index < -0.39 is 0 Å². The van der Waals surface area contributed by atoms with E-state index in [9.17, 15) is 4.79 Å². The van der Waals surface area contributed by atoms with Crippen LogP contribution < -0.4 is 10.1 Å². The summed E-state index contributed by atoms with van der Waals surface area (Å²) in [7, 11) is 1.57. The second-order valence-electron chi connectivity index (χ2n) is 4.70. The molecular formula is C14H13ClN4O2S2. The molecule has 0 bridgehead atoms. The SMILES string of the molecule is CCCc1nnsc1C(=O)Nc1nc2c(OC)ccc(Cl)c2s1. The summed E-state index contributed by atoms with van der Waals surface area (Å²) in [6, 6.07) is 3.50. The number of rotatable bonds is 5. The van der Waals surface area contributed by atoms with Gasteiger partial charge in [-0.05, 0) is 30.1 Å². The fourth-order valence-electron chi connectivity index (χ4n) is 2.11. The molecule has 2 heterocycles. The number of amides is 1. The van der Waals surface area contributed by atoms with Crippen LogP contribution in [-0.2, 0) is 6.42 Å². The van der Waals surface area contributed by atoms with Crippen LogP contribution in [0, 0.1) is 0 Å². The van der Waals surface area contributed by atoms with Crippen molar-refractivity contribution in [2.45, 2.75) is 19.8 Å². The van der Waals surface area contributed by atoms with Gasteiger partial charge in [-0.3, -0.25) is 10.1 Å². The van der Waals surface area contributed by atoms with Crippen molar-refractivity contribution in [3.63, 3.8) is 0 Å². The predicted octanol–water partition coefficient (Wildman–Crippen LogP) is 4.01. The predicted molar refractivity (Wildman–Crippen MR) is 93.0 cm³/mol. The molecule has 2 aromatic heterocycles. The minimum atomic E-state index is -0.252. The molecule has 0 radical (unpaired) electrons. The van der Waals surface area contributed by atoms with Crippen LogP contribution in [0.15, 0.2) is 12.1 Å². The number of anilines is 1. The minimum Gasteiger partial charge on any atom is -0.494 e. The number of thiazole rings is 1. The van der Waals surface area contributed by atoms with E-state index in [1.807, 2.05) is 6.92 Å². The Hall–Kier alpha value is -1.77. The Kier molecular flexibility index (Phi) is 4.74. The van der Waals surface area contributed by atoms with Gasteiger partial charge in [-0.1, -0.05) is 40.8 Å². The molecule has 3 rings (SSSR count). The van der Waals surface area contributed by atoms with Gasteiger partial charge in [0.05, 0.1) is 22.5 Å². The van der Waals surface area contributed by atoms with Gasteiger partial charge in [-0.25, -0.2) is 4.98 Å². The van der Waals surface area contributed by atoms with Gasteiger partial charge in [0.25, 0.3) is 5.91 Å². The highest BCUT2D eigenvalue weighted by atomic mass is 35.5. The molecule has 1 amide bonds. The largest absolute Gasteiger partial charge is 0.494 e. The number of aromatic nitrogens is 3. The first-order chi connectivity index (χ1) is 11.1. The van der Waals surface area contributed by atoms with Crippen molar-refractivity contribution in [3.05, 3.63) is 27.7 Å². The first-order valence-electron chi connectivity index (χ1n) is 6.89. The van der Waals surface area contributed by atoms with E-state index in [4.69, 9.17) is 16.3 Å². The van der Waals surface area contributed by atoms with E-state index in [-0.39, 0.29) is 5.91 Å². The van der Waals surface area contributed by atoms with Gasteiger partial charge in [-0.2, -0.15) is 0 Å². The van der Waals surface area contributed by atoms with Gasteiger partial charge in [0.15, 0.2) is 5.13 Å². The molecular weight excluding hydrogens is 356 g/mol. The number of ether oxygens (including phenoxy) is 1. The van der Waals surface area contributed by atoms with Crippen LogP contribution in [0.5, 0.6) is 5.75 Å². The maximum atomic E-state index is 12.4. The Labute approximate surface area is 145 Å². The summed E-state index contributed by atoms with van der Waals surface area (Å²) in [6.45, 7) is 2.03. The molecule has 1 aromatic carbocycles. The van der Waals surface area contributed by atoms with Crippen LogP contribution in [0.4, 0.5) is 5.13 Å². The number of hydrogen-bond donors (Lipinski definition) is 1. The molecule has 0 unspecified atom stereocenters. The fourth-order valence-corrected chi connectivity index (χ4v) is 3.86. The summed E-state index contributed by atoms with van der Waals surface area (Å²) in [4.78, 5) is 17.3. The zero-order valence-electron chi connectivity index (χ0n) is 12.4. The van der Waals surface area contributed by atoms with Gasteiger partial charge in [0.1, 0.15) is 16.1 Å². The Bertz CT molecular complexity index is 862. The summed E-state index contributed by atoms with van der Waals surface area (Å²) >= 11 is 8.58. The second-order valence-corrected chi connectivity index (χ2v) is 6.86. The standard InChI is InChI=1S/C14H13ClN4O2S2/c1-3-4-8-12(23-19-18-8)13(20)17-14-16-10-9(21-2)6-5-7(15)11(10)22-14/h5-6H,3-4H2,1-2H3,(H,16,17,20). The third-order valence-corrected chi connectivity index (χ3v) is 5.35. The van der Waals surface area contributed by atoms with Crippen LogP contribution in [0.2, 0.25) is 5.02 Å². The van der Waals surface area contributed by atoms with Crippen LogP contribution in [0.3, 0.4) is 0 Å². The number of nitrogens with zero attached hydrogens (tertiary/aromatic N) is 3. The summed E-state index contributed by atoms with van der Waals surface area (Å²) in [5.74, 6) is 0.366. The van der Waals surface area contributed by atoms with Crippen LogP contribution in [0.1, 0.15) is 28.7 Å². The number of carbonyl (C=O) groups is 1. The number of nitrogens with one attached hydrogen (secondary N) is 1. The molecule has 0 fully saturated rings. The van der Waals surface area contributed by atoms with Crippen molar-refractivity contribution < 1.29 is 9.53 Å². The number of halogens is 1. The highest BCUT2D eigenvalue weighted by Crippen LogP contribution is 2.37. The number of aryl methyl sites for hydroxylation is 1. The summed E-state index contributed by atoms with van der Waals surface area (Å²) in [5, 5.41) is 7.84. The van der Waals surface area contributed by atoms with Crippen molar-refractivity contribution in [1.29, 1.82) is 0 Å². The maximum absolute atomic E-state index is 12.4. The van der Waals surface area contributed by atoms with E-state index in [1.165, 1.54) is 11.3 Å². The normalized spacial score (nSPS) is 10.9. The van der Waals surface area contributed by atoms with Crippen molar-refractivity contribution in [2.75, 3.05) is 12.4 Å². The van der Waals surface area contributed by atoms with Crippen LogP contribution >= 0.6 is 34.5 Å². The third kappa shape index (κ3) is 3.15. The number of hydrogen-bond acceptors (Lipinski definition) is 7. The van der Waals surface area contributed by atoms with Gasteiger partial charge in [0, 0.05) is 0 Å². The van der Waals surface area contributed by atoms with Crippen LogP contribution in [-0.4, -0.2) is 27.6 Å².